The van der Waals surface area contributed by atoms with E-state index in [-0.39, 0.29) is 0 Å². The Morgan fingerprint density at radius 2 is 2.13 bits per heavy atom. The average molecular weight is 400 g/mol. The summed E-state index contributed by atoms with van der Waals surface area (Å²) in [6.07, 6.45) is 6.69. The largest absolute Gasteiger partial charge is 0.494 e. The van der Waals surface area contributed by atoms with Crippen LogP contribution in [0.5, 0.6) is 5.75 Å². The molecular formula is C21H20N8O. The summed E-state index contributed by atoms with van der Waals surface area (Å²) in [5, 5.41) is 10.7. The zero-order valence-electron chi connectivity index (χ0n) is 16.6. The average Bonchev–Trinajstić information content (AvgIpc) is 3.44. The number of benzene rings is 1. The third kappa shape index (κ3) is 3.30. The second-order valence-electron chi connectivity index (χ2n) is 7.06. The fourth-order valence-electron chi connectivity index (χ4n) is 3.47. The molecule has 1 aliphatic rings. The van der Waals surface area contributed by atoms with Crippen LogP contribution < -0.4 is 15.4 Å². The van der Waals surface area contributed by atoms with Gasteiger partial charge in [0.15, 0.2) is 0 Å². The first-order chi connectivity index (χ1) is 14.7. The molecule has 1 unspecified atom stereocenters. The van der Waals surface area contributed by atoms with E-state index in [9.17, 15) is 0 Å². The van der Waals surface area contributed by atoms with Gasteiger partial charge in [-0.05, 0) is 29.8 Å². The van der Waals surface area contributed by atoms with Gasteiger partial charge < -0.3 is 15.4 Å². The van der Waals surface area contributed by atoms with Crippen LogP contribution in [0.1, 0.15) is 18.4 Å². The topological polar surface area (TPSA) is 103 Å². The Bertz CT molecular complexity index is 1190. The van der Waals surface area contributed by atoms with Gasteiger partial charge in [0.2, 0.25) is 5.95 Å². The second kappa shape index (κ2) is 7.43. The zero-order chi connectivity index (χ0) is 20.5. The normalized spacial score (nSPS) is 14.8. The van der Waals surface area contributed by atoms with E-state index in [0.29, 0.717) is 17.6 Å². The van der Waals surface area contributed by atoms with Gasteiger partial charge in [-0.25, -0.2) is 24.6 Å². The molecule has 2 N–H and O–H groups in total. The Morgan fingerprint density at radius 1 is 1.20 bits per heavy atom. The first-order valence-corrected chi connectivity index (χ1v) is 9.58. The maximum atomic E-state index is 5.54. The van der Waals surface area contributed by atoms with Crippen LogP contribution in [0.4, 0.5) is 17.5 Å². The predicted octanol–water partition coefficient (Wildman–Crippen LogP) is 3.40. The minimum atomic E-state index is 0.430. The van der Waals surface area contributed by atoms with Crippen molar-refractivity contribution in [2.75, 3.05) is 24.3 Å². The van der Waals surface area contributed by atoms with Crippen LogP contribution >= 0.6 is 0 Å². The summed E-state index contributed by atoms with van der Waals surface area (Å²) < 4.78 is 7.20. The lowest BCUT2D eigenvalue weighted by Gasteiger charge is -2.12. The number of hydrogen-bond acceptors (Lipinski definition) is 8. The van der Waals surface area contributed by atoms with Crippen molar-refractivity contribution in [3.63, 3.8) is 0 Å². The van der Waals surface area contributed by atoms with Gasteiger partial charge in [-0.15, -0.1) is 0 Å². The van der Waals surface area contributed by atoms with Gasteiger partial charge in [-0.3, -0.25) is 0 Å². The molecule has 0 bridgehead atoms. The minimum Gasteiger partial charge on any atom is -0.494 e. The summed E-state index contributed by atoms with van der Waals surface area (Å²) in [5.41, 5.74) is 4.58. The number of methoxy groups -OCH3 is 1. The highest BCUT2D eigenvalue weighted by Crippen LogP contribution is 2.33. The van der Waals surface area contributed by atoms with E-state index in [4.69, 9.17) is 4.74 Å². The molecule has 3 aromatic heterocycles. The van der Waals surface area contributed by atoms with Crippen molar-refractivity contribution in [2.45, 2.75) is 12.8 Å². The number of rotatable bonds is 5. The van der Waals surface area contributed by atoms with E-state index in [1.165, 1.54) is 11.9 Å². The van der Waals surface area contributed by atoms with Crippen LogP contribution in [0.3, 0.4) is 0 Å². The molecule has 5 rings (SSSR count). The third-order valence-corrected chi connectivity index (χ3v) is 5.09. The first kappa shape index (κ1) is 18.0. The second-order valence-corrected chi connectivity index (χ2v) is 7.06. The molecule has 0 fully saturated rings. The Morgan fingerprint density at radius 3 is 2.97 bits per heavy atom. The number of nitrogens with one attached hydrogen (secondary N) is 2. The summed E-state index contributed by atoms with van der Waals surface area (Å²) in [6, 6.07) is 9.72. The predicted molar refractivity (Wildman–Crippen MR) is 113 cm³/mol. The summed E-state index contributed by atoms with van der Waals surface area (Å²) in [7, 11) is 1.62. The number of hydrogen-bond donors (Lipinski definition) is 2. The zero-order valence-corrected chi connectivity index (χ0v) is 16.6. The molecule has 4 heterocycles. The number of pyridine rings is 1. The maximum Gasteiger partial charge on any atom is 0.227 e. The SMILES string of the molecule is COc1cc(-n2cncn2)ccc1Nc1nccc(-c2cnc3c(c2)C(C)CN3)n1. The van der Waals surface area contributed by atoms with Crippen molar-refractivity contribution in [3.8, 4) is 22.7 Å². The van der Waals surface area contributed by atoms with Crippen LogP contribution in [0, 0.1) is 0 Å². The lowest BCUT2D eigenvalue weighted by molar-refractivity contribution is 0.416. The molecule has 150 valence electrons. The molecule has 30 heavy (non-hydrogen) atoms. The fraction of sp³-hybridized carbons (Fsp3) is 0.190. The van der Waals surface area contributed by atoms with Gasteiger partial charge in [0.1, 0.15) is 24.2 Å². The number of fused-ring (bicyclic) bond motifs is 1. The summed E-state index contributed by atoms with van der Waals surface area (Å²) >= 11 is 0. The quantitative estimate of drug-likeness (QED) is 0.525. The van der Waals surface area contributed by atoms with E-state index in [1.54, 1.807) is 24.3 Å². The lowest BCUT2D eigenvalue weighted by Crippen LogP contribution is -2.02. The van der Waals surface area contributed by atoms with Gasteiger partial charge in [-0.1, -0.05) is 6.92 Å². The standard InChI is InChI=1S/C21H20N8O/c1-13-9-24-20-16(13)7-14(10-25-20)17-5-6-23-21(27-17)28-18-4-3-15(8-19(18)30-2)29-12-22-11-26-29/h3-8,10-13H,9H2,1-2H3,(H,24,25)(H,23,27,28). The van der Waals surface area contributed by atoms with Gasteiger partial charge in [0.25, 0.3) is 0 Å². The van der Waals surface area contributed by atoms with Crippen molar-refractivity contribution in [1.29, 1.82) is 0 Å². The molecule has 0 aliphatic carbocycles. The van der Waals surface area contributed by atoms with Gasteiger partial charge in [0, 0.05) is 36.5 Å². The Balaban J connectivity index is 1.43. The Labute approximate surface area is 173 Å². The minimum absolute atomic E-state index is 0.430. The Hall–Kier alpha value is -4.01. The number of nitrogens with zero attached hydrogens (tertiary/aromatic N) is 6. The first-order valence-electron chi connectivity index (χ1n) is 9.58. The number of aromatic nitrogens is 6. The summed E-state index contributed by atoms with van der Waals surface area (Å²) in [4.78, 5) is 17.5. The van der Waals surface area contributed by atoms with Gasteiger partial charge >= 0.3 is 0 Å². The molecular weight excluding hydrogens is 380 g/mol. The van der Waals surface area contributed by atoms with E-state index < -0.39 is 0 Å². The summed E-state index contributed by atoms with van der Waals surface area (Å²) in [6.45, 7) is 3.10. The fourth-order valence-corrected chi connectivity index (χ4v) is 3.47. The van der Waals surface area contributed by atoms with E-state index in [1.807, 2.05) is 30.5 Å². The van der Waals surface area contributed by atoms with E-state index in [0.717, 1.165) is 35.0 Å². The van der Waals surface area contributed by atoms with Crippen LogP contribution in [0.15, 0.2) is 55.4 Å². The van der Waals surface area contributed by atoms with Crippen molar-refractivity contribution in [2.24, 2.45) is 0 Å². The van der Waals surface area contributed by atoms with Gasteiger partial charge in [-0.2, -0.15) is 5.10 Å². The molecule has 0 saturated carbocycles. The molecule has 9 nitrogen and oxygen atoms in total. The van der Waals surface area contributed by atoms with Crippen molar-refractivity contribution >= 4 is 17.5 Å². The molecule has 0 saturated heterocycles. The monoisotopic (exact) mass is 400 g/mol. The van der Waals surface area contributed by atoms with Crippen molar-refractivity contribution in [3.05, 3.63) is 60.9 Å². The smallest absolute Gasteiger partial charge is 0.227 e. The van der Waals surface area contributed by atoms with Gasteiger partial charge in [0.05, 0.1) is 24.2 Å². The lowest BCUT2D eigenvalue weighted by atomic mass is 10.0. The number of anilines is 3. The third-order valence-electron chi connectivity index (χ3n) is 5.09. The van der Waals surface area contributed by atoms with E-state index in [2.05, 4.69) is 48.7 Å². The molecule has 9 heteroatoms. The molecule has 1 atom stereocenters. The Kier molecular flexibility index (Phi) is 4.47. The highest BCUT2D eigenvalue weighted by Gasteiger charge is 2.20. The molecule has 0 amide bonds. The van der Waals surface area contributed by atoms with Crippen LogP contribution in [-0.4, -0.2) is 43.4 Å². The molecule has 1 aromatic carbocycles. The van der Waals surface area contributed by atoms with Crippen LogP contribution in [0.2, 0.25) is 0 Å². The summed E-state index contributed by atoms with van der Waals surface area (Å²) in [5.74, 6) is 2.51. The highest BCUT2D eigenvalue weighted by atomic mass is 16.5. The highest BCUT2D eigenvalue weighted by molar-refractivity contribution is 5.68. The molecule has 0 radical (unpaired) electrons. The number of ether oxygens (including phenoxy) is 1. The molecule has 1 aliphatic heterocycles. The van der Waals surface area contributed by atoms with Crippen LogP contribution in [0.25, 0.3) is 16.9 Å². The van der Waals surface area contributed by atoms with Crippen molar-refractivity contribution < 1.29 is 4.74 Å². The van der Waals surface area contributed by atoms with Crippen molar-refractivity contribution in [1.82, 2.24) is 29.7 Å². The molecule has 4 aromatic rings. The van der Waals surface area contributed by atoms with E-state index >= 15 is 0 Å². The van der Waals surface area contributed by atoms with Crippen LogP contribution in [-0.2, 0) is 0 Å². The molecule has 0 spiro atoms. The maximum absolute atomic E-state index is 5.54.